The summed E-state index contributed by atoms with van der Waals surface area (Å²) >= 11 is 1.05. The molecule has 0 bridgehead atoms. The molecule has 106 valence electrons. The van der Waals surface area contributed by atoms with Gasteiger partial charge in [-0.2, -0.15) is 0 Å². The van der Waals surface area contributed by atoms with Gasteiger partial charge in [0.2, 0.25) is 5.91 Å². The monoisotopic (exact) mass is 293 g/mol. The fraction of sp³-hybridized carbons (Fsp3) is 0.231. The van der Waals surface area contributed by atoms with Crippen molar-refractivity contribution in [3.8, 4) is 5.75 Å². The number of carbonyl (C=O) groups is 1. The first kappa shape index (κ1) is 14.3. The Labute approximate surface area is 119 Å². The minimum absolute atomic E-state index is 0.150. The molecule has 1 amide bonds. The van der Waals surface area contributed by atoms with E-state index in [-0.39, 0.29) is 23.1 Å². The Morgan fingerprint density at radius 2 is 2.10 bits per heavy atom. The number of hydrogen-bond acceptors (Lipinski definition) is 5. The number of carbonyl (C=O) groups excluding carboxylic acids is 1. The maximum Gasteiger partial charge on any atom is 0.304 e. The van der Waals surface area contributed by atoms with Crippen molar-refractivity contribution in [1.29, 1.82) is 0 Å². The van der Waals surface area contributed by atoms with E-state index in [1.54, 1.807) is 29.6 Å². The van der Waals surface area contributed by atoms with E-state index < -0.39 is 6.04 Å². The first-order chi connectivity index (χ1) is 9.54. The van der Waals surface area contributed by atoms with E-state index in [1.165, 1.54) is 0 Å². The van der Waals surface area contributed by atoms with Crippen molar-refractivity contribution >= 4 is 17.2 Å². The van der Waals surface area contributed by atoms with E-state index in [1.807, 2.05) is 0 Å². The average Bonchev–Trinajstić information content (AvgIpc) is 2.84. The first-order valence-electron chi connectivity index (χ1n) is 6.02. The van der Waals surface area contributed by atoms with E-state index in [4.69, 9.17) is 5.73 Å². The van der Waals surface area contributed by atoms with Gasteiger partial charge in [0.25, 0.3) is 0 Å². The molecule has 0 saturated carbocycles. The standard InChI is InChI=1S/C13H15N3O3S/c14-11(5-8-1-3-10(17)4-2-8)12(18)15-6-9-7-20-13(19)16-9/h1-4,7,11,17H,5-6,14H2,(H,15,18)(H,16,19). The molecule has 0 aliphatic carbocycles. The summed E-state index contributed by atoms with van der Waals surface area (Å²) in [5, 5.41) is 13.5. The van der Waals surface area contributed by atoms with Crippen LogP contribution in [0, 0.1) is 0 Å². The van der Waals surface area contributed by atoms with Gasteiger partial charge in [-0.15, -0.1) is 0 Å². The van der Waals surface area contributed by atoms with Crippen LogP contribution in [-0.2, 0) is 17.8 Å². The van der Waals surface area contributed by atoms with Crippen LogP contribution in [0.25, 0.3) is 0 Å². The van der Waals surface area contributed by atoms with E-state index in [9.17, 15) is 14.7 Å². The topological polar surface area (TPSA) is 108 Å². The van der Waals surface area contributed by atoms with Crippen LogP contribution in [-0.4, -0.2) is 22.0 Å². The largest absolute Gasteiger partial charge is 0.508 e. The number of rotatable bonds is 5. The summed E-state index contributed by atoms with van der Waals surface area (Å²) < 4.78 is 0. The number of H-pyrrole nitrogens is 1. The number of phenols is 1. The number of hydrogen-bond donors (Lipinski definition) is 4. The summed E-state index contributed by atoms with van der Waals surface area (Å²) in [4.78, 5) is 25.2. The minimum atomic E-state index is -0.676. The van der Waals surface area contributed by atoms with Gasteiger partial charge >= 0.3 is 4.87 Å². The summed E-state index contributed by atoms with van der Waals surface area (Å²) in [5.74, 6) is -0.113. The Balaban J connectivity index is 1.85. The van der Waals surface area contributed by atoms with Gasteiger partial charge in [0.15, 0.2) is 0 Å². The van der Waals surface area contributed by atoms with Gasteiger partial charge in [-0.25, -0.2) is 0 Å². The molecule has 0 fully saturated rings. The molecule has 20 heavy (non-hydrogen) atoms. The Morgan fingerprint density at radius 3 is 2.70 bits per heavy atom. The smallest absolute Gasteiger partial charge is 0.304 e. The highest BCUT2D eigenvalue weighted by Crippen LogP contribution is 2.10. The minimum Gasteiger partial charge on any atom is -0.508 e. The Hall–Kier alpha value is -2.12. The molecule has 0 aliphatic rings. The molecule has 2 aromatic rings. The average molecular weight is 293 g/mol. The molecule has 7 heteroatoms. The van der Waals surface area contributed by atoms with Crippen LogP contribution >= 0.6 is 11.3 Å². The number of benzene rings is 1. The van der Waals surface area contributed by atoms with Crippen molar-refractivity contribution in [1.82, 2.24) is 10.3 Å². The van der Waals surface area contributed by atoms with Gasteiger partial charge < -0.3 is 21.1 Å². The number of aromatic hydroxyl groups is 1. The number of amides is 1. The third-order valence-corrected chi connectivity index (χ3v) is 3.47. The van der Waals surface area contributed by atoms with E-state index in [0.717, 1.165) is 16.9 Å². The van der Waals surface area contributed by atoms with Gasteiger partial charge in [0.05, 0.1) is 12.6 Å². The van der Waals surface area contributed by atoms with Crippen molar-refractivity contribution in [2.45, 2.75) is 19.0 Å². The van der Waals surface area contributed by atoms with Gasteiger partial charge in [0.1, 0.15) is 5.75 Å². The number of phenolic OH excluding ortho intramolecular Hbond substituents is 1. The van der Waals surface area contributed by atoms with Crippen LogP contribution in [0.15, 0.2) is 34.4 Å². The third kappa shape index (κ3) is 3.94. The number of thiazole rings is 1. The van der Waals surface area contributed by atoms with Crippen LogP contribution in [0.2, 0.25) is 0 Å². The Kier molecular flexibility index (Phi) is 4.54. The molecule has 1 aromatic carbocycles. The lowest BCUT2D eigenvalue weighted by molar-refractivity contribution is -0.122. The van der Waals surface area contributed by atoms with Crippen LogP contribution in [0.5, 0.6) is 5.75 Å². The van der Waals surface area contributed by atoms with Gasteiger partial charge in [-0.1, -0.05) is 23.5 Å². The molecule has 0 radical (unpaired) electrons. The fourth-order valence-electron chi connectivity index (χ4n) is 1.69. The van der Waals surface area contributed by atoms with Crippen LogP contribution < -0.4 is 15.9 Å². The lowest BCUT2D eigenvalue weighted by Gasteiger charge is -2.11. The van der Waals surface area contributed by atoms with Crippen molar-refractivity contribution in [3.63, 3.8) is 0 Å². The lowest BCUT2D eigenvalue weighted by Crippen LogP contribution is -2.41. The SMILES string of the molecule is NC(Cc1ccc(O)cc1)C(=O)NCc1csc(=O)[nH]1. The third-order valence-electron chi connectivity index (χ3n) is 2.75. The van der Waals surface area contributed by atoms with E-state index in [2.05, 4.69) is 10.3 Å². The molecule has 1 unspecified atom stereocenters. The molecule has 1 aromatic heterocycles. The van der Waals surface area contributed by atoms with Gasteiger partial charge in [-0.05, 0) is 24.1 Å². The fourth-order valence-corrected chi connectivity index (χ4v) is 2.27. The zero-order chi connectivity index (χ0) is 14.5. The normalized spacial score (nSPS) is 12.1. The molecule has 1 heterocycles. The molecule has 0 saturated heterocycles. The molecule has 2 rings (SSSR count). The lowest BCUT2D eigenvalue weighted by atomic mass is 10.1. The molecular formula is C13H15N3O3S. The van der Waals surface area contributed by atoms with Crippen LogP contribution in [0.4, 0.5) is 0 Å². The number of nitrogens with two attached hydrogens (primary N) is 1. The molecule has 6 nitrogen and oxygen atoms in total. The summed E-state index contributed by atoms with van der Waals surface area (Å²) in [6.07, 6.45) is 0.381. The molecule has 1 atom stereocenters. The predicted molar refractivity (Wildman–Crippen MR) is 76.6 cm³/mol. The first-order valence-corrected chi connectivity index (χ1v) is 6.90. The molecular weight excluding hydrogens is 278 g/mol. The predicted octanol–water partition coefficient (Wildman–Crippen LogP) is 0.328. The van der Waals surface area contributed by atoms with E-state index in [0.29, 0.717) is 12.1 Å². The second-order valence-electron chi connectivity index (χ2n) is 4.37. The maximum atomic E-state index is 11.8. The van der Waals surface area contributed by atoms with Crippen molar-refractivity contribution in [3.05, 3.63) is 50.6 Å². The second-order valence-corrected chi connectivity index (χ2v) is 5.21. The van der Waals surface area contributed by atoms with Gasteiger partial charge in [0, 0.05) is 11.1 Å². The van der Waals surface area contributed by atoms with Crippen molar-refractivity contribution < 1.29 is 9.90 Å². The number of aromatic nitrogens is 1. The molecule has 0 aliphatic heterocycles. The highest BCUT2D eigenvalue weighted by molar-refractivity contribution is 7.07. The highest BCUT2D eigenvalue weighted by atomic mass is 32.1. The quantitative estimate of drug-likeness (QED) is 0.637. The number of aromatic amines is 1. The molecule has 0 spiro atoms. The van der Waals surface area contributed by atoms with Crippen molar-refractivity contribution in [2.75, 3.05) is 0 Å². The summed E-state index contributed by atoms with van der Waals surface area (Å²) in [7, 11) is 0. The number of nitrogens with one attached hydrogen (secondary N) is 2. The van der Waals surface area contributed by atoms with Crippen LogP contribution in [0.1, 0.15) is 11.3 Å². The van der Waals surface area contributed by atoms with Gasteiger partial charge in [-0.3, -0.25) is 9.59 Å². The Bertz CT molecular complexity index is 633. The summed E-state index contributed by atoms with van der Waals surface area (Å²) in [5.41, 5.74) is 7.34. The Morgan fingerprint density at radius 1 is 1.40 bits per heavy atom. The zero-order valence-electron chi connectivity index (χ0n) is 10.6. The highest BCUT2D eigenvalue weighted by Gasteiger charge is 2.14. The maximum absolute atomic E-state index is 11.8. The summed E-state index contributed by atoms with van der Waals surface area (Å²) in [6.45, 7) is 0.251. The van der Waals surface area contributed by atoms with Crippen LogP contribution in [0.3, 0.4) is 0 Å². The van der Waals surface area contributed by atoms with E-state index >= 15 is 0 Å². The zero-order valence-corrected chi connectivity index (χ0v) is 11.4. The second kappa shape index (κ2) is 6.36. The summed E-state index contributed by atoms with van der Waals surface area (Å²) in [6, 6.07) is 5.87. The van der Waals surface area contributed by atoms with Crippen molar-refractivity contribution in [2.24, 2.45) is 5.73 Å². The molecule has 5 N–H and O–H groups in total.